The van der Waals surface area contributed by atoms with Crippen molar-refractivity contribution in [3.63, 3.8) is 0 Å². The summed E-state index contributed by atoms with van der Waals surface area (Å²) in [4.78, 5) is 27.3. The maximum absolute atomic E-state index is 12.1. The van der Waals surface area contributed by atoms with Gasteiger partial charge in [0, 0.05) is 13.1 Å². The van der Waals surface area contributed by atoms with Crippen molar-refractivity contribution in [1.29, 1.82) is 0 Å². The molecule has 0 aliphatic rings. The summed E-state index contributed by atoms with van der Waals surface area (Å²) in [7, 11) is 0. The third-order valence-electron chi connectivity index (χ3n) is 3.01. The monoisotopic (exact) mass is 299 g/mol. The van der Waals surface area contributed by atoms with Crippen molar-refractivity contribution >= 4 is 17.6 Å². The zero-order chi connectivity index (χ0) is 15.9. The fraction of sp³-hybridized carbons (Fsp3) is 0.188. The second-order valence-electron chi connectivity index (χ2n) is 4.79. The molecule has 0 fully saturated rings. The van der Waals surface area contributed by atoms with Crippen molar-refractivity contribution in [3.8, 4) is 5.75 Å². The number of aromatic nitrogens is 1. The molecular weight excluding hydrogens is 282 g/mol. The van der Waals surface area contributed by atoms with E-state index in [-0.39, 0.29) is 29.8 Å². The predicted octanol–water partition coefficient (Wildman–Crippen LogP) is 1.99. The lowest BCUT2D eigenvalue weighted by Crippen LogP contribution is -2.29. The van der Waals surface area contributed by atoms with Gasteiger partial charge in [-0.15, -0.1) is 0 Å². The second-order valence-corrected chi connectivity index (χ2v) is 4.79. The van der Waals surface area contributed by atoms with E-state index in [9.17, 15) is 14.7 Å². The van der Waals surface area contributed by atoms with Crippen molar-refractivity contribution in [2.75, 3.05) is 5.32 Å². The highest BCUT2D eigenvalue weighted by molar-refractivity contribution is 5.91. The van der Waals surface area contributed by atoms with Gasteiger partial charge in [-0.25, -0.2) is 4.98 Å². The molecule has 1 heterocycles. The van der Waals surface area contributed by atoms with Gasteiger partial charge in [-0.3, -0.25) is 9.59 Å². The molecule has 6 nitrogen and oxygen atoms in total. The van der Waals surface area contributed by atoms with E-state index in [1.807, 2.05) is 30.3 Å². The van der Waals surface area contributed by atoms with Crippen LogP contribution in [-0.4, -0.2) is 21.9 Å². The van der Waals surface area contributed by atoms with Crippen LogP contribution in [0.25, 0.3) is 0 Å². The van der Waals surface area contributed by atoms with Gasteiger partial charge in [0.1, 0.15) is 0 Å². The first-order chi connectivity index (χ1) is 10.6. The SMILES string of the molecule is CC(=O)NC(CC(=O)Nc1ncccc1O)c1ccccc1. The Kier molecular flexibility index (Phi) is 5.08. The lowest BCUT2D eigenvalue weighted by Gasteiger charge is -2.18. The molecule has 2 rings (SSSR count). The fourth-order valence-electron chi connectivity index (χ4n) is 2.04. The van der Waals surface area contributed by atoms with E-state index in [4.69, 9.17) is 0 Å². The van der Waals surface area contributed by atoms with Crippen LogP contribution in [0.5, 0.6) is 5.75 Å². The van der Waals surface area contributed by atoms with Crippen LogP contribution in [0.3, 0.4) is 0 Å². The number of aromatic hydroxyl groups is 1. The summed E-state index contributed by atoms with van der Waals surface area (Å²) in [6, 6.07) is 11.8. The number of amides is 2. The van der Waals surface area contributed by atoms with Crippen LogP contribution >= 0.6 is 0 Å². The van der Waals surface area contributed by atoms with E-state index < -0.39 is 6.04 Å². The Hall–Kier alpha value is -2.89. The summed E-state index contributed by atoms with van der Waals surface area (Å²) in [5, 5.41) is 14.9. The number of carbonyl (C=O) groups is 2. The maximum atomic E-state index is 12.1. The Morgan fingerprint density at radius 1 is 1.18 bits per heavy atom. The molecule has 0 saturated carbocycles. The largest absolute Gasteiger partial charge is 0.504 e. The van der Waals surface area contributed by atoms with Gasteiger partial charge in [0.2, 0.25) is 11.8 Å². The molecule has 1 unspecified atom stereocenters. The van der Waals surface area contributed by atoms with Gasteiger partial charge in [0.05, 0.1) is 12.5 Å². The summed E-state index contributed by atoms with van der Waals surface area (Å²) in [5.74, 6) is -0.576. The lowest BCUT2D eigenvalue weighted by atomic mass is 10.0. The number of benzene rings is 1. The zero-order valence-corrected chi connectivity index (χ0v) is 12.1. The summed E-state index contributed by atoms with van der Waals surface area (Å²) in [5.41, 5.74) is 0.832. The summed E-state index contributed by atoms with van der Waals surface area (Å²) in [6.45, 7) is 1.40. The highest BCUT2D eigenvalue weighted by Crippen LogP contribution is 2.21. The van der Waals surface area contributed by atoms with Gasteiger partial charge >= 0.3 is 0 Å². The molecular formula is C16H17N3O3. The molecule has 1 aromatic carbocycles. The minimum Gasteiger partial charge on any atom is -0.504 e. The number of pyridine rings is 1. The average Bonchev–Trinajstić information content (AvgIpc) is 2.49. The van der Waals surface area contributed by atoms with Gasteiger partial charge in [-0.2, -0.15) is 0 Å². The average molecular weight is 299 g/mol. The van der Waals surface area contributed by atoms with Crippen LogP contribution in [-0.2, 0) is 9.59 Å². The Bertz CT molecular complexity index is 659. The van der Waals surface area contributed by atoms with Gasteiger partial charge in [-0.1, -0.05) is 30.3 Å². The molecule has 1 atom stereocenters. The number of rotatable bonds is 5. The standard InChI is InChI=1S/C16H17N3O3/c1-11(20)18-13(12-6-3-2-4-7-12)10-15(22)19-16-14(21)8-5-9-17-16/h2-9,13,21H,10H2,1H3,(H,18,20)(H,17,19,22). The van der Waals surface area contributed by atoms with Gasteiger partial charge in [0.15, 0.2) is 11.6 Å². The predicted molar refractivity (Wildman–Crippen MR) is 82.1 cm³/mol. The van der Waals surface area contributed by atoms with Crippen LogP contribution < -0.4 is 10.6 Å². The Morgan fingerprint density at radius 3 is 2.55 bits per heavy atom. The molecule has 2 aromatic rings. The van der Waals surface area contributed by atoms with Crippen molar-refractivity contribution in [2.45, 2.75) is 19.4 Å². The van der Waals surface area contributed by atoms with E-state index >= 15 is 0 Å². The first-order valence-corrected chi connectivity index (χ1v) is 6.82. The number of anilines is 1. The maximum Gasteiger partial charge on any atom is 0.228 e. The minimum atomic E-state index is -0.440. The van der Waals surface area contributed by atoms with E-state index in [1.54, 1.807) is 6.07 Å². The Labute approximate surface area is 128 Å². The van der Waals surface area contributed by atoms with Gasteiger partial charge in [0.25, 0.3) is 0 Å². The zero-order valence-electron chi connectivity index (χ0n) is 12.1. The highest BCUT2D eigenvalue weighted by Gasteiger charge is 2.18. The fourth-order valence-corrected chi connectivity index (χ4v) is 2.04. The van der Waals surface area contributed by atoms with Crippen LogP contribution in [0.2, 0.25) is 0 Å². The quantitative estimate of drug-likeness (QED) is 0.787. The Balaban J connectivity index is 2.08. The molecule has 0 spiro atoms. The number of hydrogen-bond donors (Lipinski definition) is 3. The highest BCUT2D eigenvalue weighted by atomic mass is 16.3. The molecule has 6 heteroatoms. The summed E-state index contributed by atoms with van der Waals surface area (Å²) < 4.78 is 0. The third-order valence-corrected chi connectivity index (χ3v) is 3.01. The molecule has 0 aliphatic heterocycles. The number of nitrogens with one attached hydrogen (secondary N) is 2. The van der Waals surface area contributed by atoms with E-state index in [0.29, 0.717) is 0 Å². The van der Waals surface area contributed by atoms with Crippen molar-refractivity contribution in [2.24, 2.45) is 0 Å². The molecule has 22 heavy (non-hydrogen) atoms. The lowest BCUT2D eigenvalue weighted by molar-refractivity contribution is -0.120. The van der Waals surface area contributed by atoms with Crippen LogP contribution in [0, 0.1) is 0 Å². The van der Waals surface area contributed by atoms with E-state index in [1.165, 1.54) is 19.2 Å². The van der Waals surface area contributed by atoms with E-state index in [2.05, 4.69) is 15.6 Å². The van der Waals surface area contributed by atoms with Crippen LogP contribution in [0.15, 0.2) is 48.7 Å². The smallest absolute Gasteiger partial charge is 0.228 e. The summed E-state index contributed by atoms with van der Waals surface area (Å²) in [6.07, 6.45) is 1.51. The normalized spacial score (nSPS) is 11.5. The third kappa shape index (κ3) is 4.31. The molecule has 1 aromatic heterocycles. The van der Waals surface area contributed by atoms with Crippen molar-refractivity contribution < 1.29 is 14.7 Å². The van der Waals surface area contributed by atoms with Crippen LogP contribution in [0.4, 0.5) is 5.82 Å². The number of hydrogen-bond acceptors (Lipinski definition) is 4. The first-order valence-electron chi connectivity index (χ1n) is 6.82. The molecule has 2 amide bonds. The van der Waals surface area contributed by atoms with E-state index in [0.717, 1.165) is 5.56 Å². The summed E-state index contributed by atoms with van der Waals surface area (Å²) >= 11 is 0. The first kappa shape index (κ1) is 15.5. The molecule has 0 aliphatic carbocycles. The van der Waals surface area contributed by atoms with Crippen molar-refractivity contribution in [1.82, 2.24) is 10.3 Å². The molecule has 0 bridgehead atoms. The topological polar surface area (TPSA) is 91.3 Å². The second kappa shape index (κ2) is 7.21. The Morgan fingerprint density at radius 2 is 1.91 bits per heavy atom. The van der Waals surface area contributed by atoms with Gasteiger partial charge in [-0.05, 0) is 17.7 Å². The van der Waals surface area contributed by atoms with Crippen molar-refractivity contribution in [3.05, 3.63) is 54.2 Å². The number of nitrogens with zero attached hydrogens (tertiary/aromatic N) is 1. The minimum absolute atomic E-state index is 0.0413. The molecule has 0 radical (unpaired) electrons. The van der Waals surface area contributed by atoms with Crippen LogP contribution in [0.1, 0.15) is 24.9 Å². The number of carbonyl (C=O) groups excluding carboxylic acids is 2. The molecule has 3 N–H and O–H groups in total. The molecule has 114 valence electrons. The van der Waals surface area contributed by atoms with Gasteiger partial charge < -0.3 is 15.7 Å². The molecule has 0 saturated heterocycles.